The first-order valence-corrected chi connectivity index (χ1v) is 4.73. The fourth-order valence-electron chi connectivity index (χ4n) is 1.93. The Hall–Kier alpha value is -0.0800. The quantitative estimate of drug-likeness (QED) is 0.528. The van der Waals surface area contributed by atoms with E-state index in [1.807, 2.05) is 0 Å². The summed E-state index contributed by atoms with van der Waals surface area (Å²) >= 11 is 0. The Balaban J connectivity index is 1.86. The van der Waals surface area contributed by atoms with Crippen LogP contribution in [0, 0.1) is 0 Å². The number of hydrogen-bond acceptors (Lipinski definition) is 2. The molecule has 2 aliphatic rings. The Morgan fingerprint density at radius 2 is 1.55 bits per heavy atom. The number of nitrogens with zero attached hydrogens (tertiary/aromatic N) is 2. The first-order valence-electron chi connectivity index (χ1n) is 4.73. The normalized spacial score (nSPS) is 37.1. The van der Waals surface area contributed by atoms with Crippen molar-refractivity contribution in [3.05, 3.63) is 0 Å². The third-order valence-corrected chi connectivity index (χ3v) is 2.81. The molecule has 11 heavy (non-hydrogen) atoms. The average molecular weight is 154 g/mol. The molecule has 0 aliphatic carbocycles. The van der Waals surface area contributed by atoms with Gasteiger partial charge >= 0.3 is 0 Å². The molecule has 2 aliphatic heterocycles. The van der Waals surface area contributed by atoms with Crippen molar-refractivity contribution in [2.45, 2.75) is 38.6 Å². The van der Waals surface area contributed by atoms with Crippen LogP contribution in [0.2, 0.25) is 0 Å². The summed E-state index contributed by atoms with van der Waals surface area (Å²) in [5, 5.41) is 5.04. The van der Waals surface area contributed by atoms with E-state index in [9.17, 15) is 0 Å². The van der Waals surface area contributed by atoms with Crippen LogP contribution in [-0.2, 0) is 0 Å². The average Bonchev–Trinajstić information content (AvgIpc) is 2.62. The molecule has 2 heterocycles. The van der Waals surface area contributed by atoms with Crippen LogP contribution in [0.4, 0.5) is 0 Å². The molecule has 2 heteroatoms. The van der Waals surface area contributed by atoms with Crippen molar-refractivity contribution < 1.29 is 0 Å². The van der Waals surface area contributed by atoms with Crippen molar-refractivity contribution in [2.24, 2.45) is 0 Å². The largest absolute Gasteiger partial charge is 0.241 e. The van der Waals surface area contributed by atoms with Crippen molar-refractivity contribution in [2.75, 3.05) is 19.6 Å². The fourth-order valence-corrected chi connectivity index (χ4v) is 1.93. The lowest BCUT2D eigenvalue weighted by atomic mass is 10.2. The van der Waals surface area contributed by atoms with Gasteiger partial charge < -0.3 is 0 Å². The van der Waals surface area contributed by atoms with E-state index >= 15 is 0 Å². The SMILES string of the molecule is CC1(C)CN1N1CCCCC1. The molecule has 0 radical (unpaired) electrons. The van der Waals surface area contributed by atoms with Gasteiger partial charge in [0.05, 0.1) is 0 Å². The molecule has 0 amide bonds. The summed E-state index contributed by atoms with van der Waals surface area (Å²) in [7, 11) is 0. The summed E-state index contributed by atoms with van der Waals surface area (Å²) in [5.41, 5.74) is 0.483. The standard InChI is InChI=1S/C9H18N2/c1-9(2)8-11(9)10-6-4-3-5-7-10/h3-8H2,1-2H3. The summed E-state index contributed by atoms with van der Waals surface area (Å²) < 4.78 is 0. The van der Waals surface area contributed by atoms with E-state index in [0.717, 1.165) is 0 Å². The smallest absolute Gasteiger partial charge is 0.0442 e. The Kier molecular flexibility index (Phi) is 1.69. The van der Waals surface area contributed by atoms with Gasteiger partial charge in [0.25, 0.3) is 0 Å². The lowest BCUT2D eigenvalue weighted by Gasteiger charge is -2.29. The van der Waals surface area contributed by atoms with Crippen LogP contribution in [0.5, 0.6) is 0 Å². The number of hydrogen-bond donors (Lipinski definition) is 0. The van der Waals surface area contributed by atoms with Gasteiger partial charge in [0, 0.05) is 25.2 Å². The first kappa shape index (κ1) is 7.56. The Bertz CT molecular complexity index is 148. The molecule has 0 saturated carbocycles. The second-order valence-electron chi connectivity index (χ2n) is 4.38. The van der Waals surface area contributed by atoms with Gasteiger partial charge in [-0.25, -0.2) is 10.0 Å². The lowest BCUT2D eigenvalue weighted by Crippen LogP contribution is -2.37. The van der Waals surface area contributed by atoms with Crippen molar-refractivity contribution in [3.63, 3.8) is 0 Å². The van der Waals surface area contributed by atoms with Crippen molar-refractivity contribution >= 4 is 0 Å². The molecule has 1 atom stereocenters. The number of piperidine rings is 1. The third kappa shape index (κ3) is 1.42. The van der Waals surface area contributed by atoms with E-state index in [0.29, 0.717) is 5.54 Å². The van der Waals surface area contributed by atoms with Gasteiger partial charge in [-0.2, -0.15) is 0 Å². The topological polar surface area (TPSA) is 6.25 Å². The molecule has 0 aromatic heterocycles. The summed E-state index contributed by atoms with van der Waals surface area (Å²) in [5.74, 6) is 0. The maximum absolute atomic E-state index is 2.53. The van der Waals surface area contributed by atoms with E-state index in [4.69, 9.17) is 0 Å². The summed E-state index contributed by atoms with van der Waals surface area (Å²) in [6.07, 6.45) is 4.23. The van der Waals surface area contributed by atoms with Crippen LogP contribution in [0.15, 0.2) is 0 Å². The zero-order valence-electron chi connectivity index (χ0n) is 7.64. The Morgan fingerprint density at radius 3 is 2.00 bits per heavy atom. The molecule has 2 saturated heterocycles. The van der Waals surface area contributed by atoms with E-state index in [1.54, 1.807) is 0 Å². The summed E-state index contributed by atoms with van der Waals surface area (Å²) in [6, 6.07) is 0. The molecular formula is C9H18N2. The van der Waals surface area contributed by atoms with Crippen LogP contribution in [0.1, 0.15) is 33.1 Å². The molecule has 0 aromatic carbocycles. The molecule has 1 unspecified atom stereocenters. The predicted molar refractivity (Wildman–Crippen MR) is 46.2 cm³/mol. The van der Waals surface area contributed by atoms with Gasteiger partial charge in [-0.15, -0.1) is 0 Å². The van der Waals surface area contributed by atoms with Gasteiger partial charge in [-0.05, 0) is 26.7 Å². The zero-order chi connectivity index (χ0) is 7.90. The molecule has 0 spiro atoms. The third-order valence-electron chi connectivity index (χ3n) is 2.81. The molecule has 2 nitrogen and oxygen atoms in total. The van der Waals surface area contributed by atoms with Crippen LogP contribution < -0.4 is 0 Å². The molecular weight excluding hydrogens is 136 g/mol. The highest BCUT2D eigenvalue weighted by molar-refractivity contribution is 4.97. The monoisotopic (exact) mass is 154 g/mol. The molecule has 2 fully saturated rings. The van der Waals surface area contributed by atoms with E-state index in [-0.39, 0.29) is 0 Å². The minimum atomic E-state index is 0.483. The molecule has 0 aromatic rings. The summed E-state index contributed by atoms with van der Waals surface area (Å²) in [4.78, 5) is 0. The first-order chi connectivity index (χ1) is 5.20. The van der Waals surface area contributed by atoms with E-state index in [1.165, 1.54) is 38.9 Å². The van der Waals surface area contributed by atoms with Gasteiger partial charge in [-0.3, -0.25) is 0 Å². The minimum Gasteiger partial charge on any atom is -0.241 e. The van der Waals surface area contributed by atoms with Crippen LogP contribution >= 0.6 is 0 Å². The molecule has 0 bridgehead atoms. The lowest BCUT2D eigenvalue weighted by molar-refractivity contribution is 0.0383. The van der Waals surface area contributed by atoms with Gasteiger partial charge in [0.2, 0.25) is 0 Å². The van der Waals surface area contributed by atoms with Gasteiger partial charge in [0.1, 0.15) is 0 Å². The van der Waals surface area contributed by atoms with Crippen molar-refractivity contribution in [3.8, 4) is 0 Å². The maximum atomic E-state index is 2.53. The Labute approximate surface area is 69.1 Å². The van der Waals surface area contributed by atoms with Crippen LogP contribution in [0.25, 0.3) is 0 Å². The minimum absolute atomic E-state index is 0.483. The second-order valence-corrected chi connectivity index (χ2v) is 4.38. The zero-order valence-corrected chi connectivity index (χ0v) is 7.64. The maximum Gasteiger partial charge on any atom is 0.0442 e. The van der Waals surface area contributed by atoms with E-state index in [2.05, 4.69) is 23.9 Å². The number of rotatable bonds is 1. The molecule has 0 N–H and O–H groups in total. The van der Waals surface area contributed by atoms with Gasteiger partial charge in [0.15, 0.2) is 0 Å². The fraction of sp³-hybridized carbons (Fsp3) is 1.00. The van der Waals surface area contributed by atoms with Gasteiger partial charge in [-0.1, -0.05) is 6.42 Å². The second kappa shape index (κ2) is 2.46. The molecule has 2 rings (SSSR count). The van der Waals surface area contributed by atoms with Crippen molar-refractivity contribution in [1.82, 2.24) is 10.0 Å². The Morgan fingerprint density at radius 1 is 1.00 bits per heavy atom. The highest BCUT2D eigenvalue weighted by atomic mass is 15.7. The number of hydrazine groups is 1. The predicted octanol–water partition coefficient (Wildman–Crippen LogP) is 1.48. The van der Waals surface area contributed by atoms with Crippen LogP contribution in [-0.4, -0.2) is 35.2 Å². The van der Waals surface area contributed by atoms with Crippen LogP contribution in [0.3, 0.4) is 0 Å². The van der Waals surface area contributed by atoms with E-state index < -0.39 is 0 Å². The van der Waals surface area contributed by atoms with Crippen molar-refractivity contribution in [1.29, 1.82) is 0 Å². The highest BCUT2D eigenvalue weighted by Crippen LogP contribution is 2.33. The molecule has 64 valence electrons. The summed E-state index contributed by atoms with van der Waals surface area (Å²) in [6.45, 7) is 8.50. The highest BCUT2D eigenvalue weighted by Gasteiger charge is 2.46.